The molecule has 7 nitrogen and oxygen atoms in total. The summed E-state index contributed by atoms with van der Waals surface area (Å²) in [7, 11) is 1.12. The molecule has 0 heterocycles. The van der Waals surface area contributed by atoms with Crippen LogP contribution in [-0.2, 0) is 31.9 Å². The van der Waals surface area contributed by atoms with Crippen LogP contribution in [0.5, 0.6) is 0 Å². The van der Waals surface area contributed by atoms with Crippen molar-refractivity contribution in [2.45, 2.75) is 39.5 Å². The van der Waals surface area contributed by atoms with Gasteiger partial charge in [0, 0.05) is 5.56 Å². The number of methoxy groups -OCH3 is 1. The predicted molar refractivity (Wildman–Crippen MR) is 94.2 cm³/mol. The number of aryl methyl sites for hydroxylation is 2. The zero-order valence-electron chi connectivity index (χ0n) is 15.2. The van der Waals surface area contributed by atoms with Crippen LogP contribution >= 0.6 is 0 Å². The number of benzene rings is 1. The monoisotopic (exact) mass is 361 g/mol. The topological polar surface area (TPSA) is 98.8 Å². The van der Waals surface area contributed by atoms with Gasteiger partial charge in [0.1, 0.15) is 0 Å². The molecule has 1 aliphatic carbocycles. The van der Waals surface area contributed by atoms with E-state index >= 15 is 0 Å². The van der Waals surface area contributed by atoms with Gasteiger partial charge < -0.3 is 9.47 Å². The van der Waals surface area contributed by atoms with Crippen molar-refractivity contribution in [1.82, 2.24) is 0 Å². The standard InChI is InChI=1S/C19H23NO6/c1-4-26-19(24)20-15-10-13-8-6-5-7-12(13)9-14(15)17(22)16(11(2)21)18(23)25-3/h9-10,16H,4-8H2,1-3H3,(H,20,24). The van der Waals surface area contributed by atoms with Gasteiger partial charge in [-0.3, -0.25) is 19.7 Å². The third-order valence-corrected chi connectivity index (χ3v) is 4.37. The molecule has 0 saturated heterocycles. The lowest BCUT2D eigenvalue weighted by Gasteiger charge is -2.21. The van der Waals surface area contributed by atoms with Crippen LogP contribution < -0.4 is 5.32 Å². The predicted octanol–water partition coefficient (Wildman–Crippen LogP) is 2.69. The van der Waals surface area contributed by atoms with Crippen LogP contribution in [0, 0.1) is 5.92 Å². The van der Waals surface area contributed by atoms with Gasteiger partial charge in [-0.05, 0) is 62.8 Å². The van der Waals surface area contributed by atoms with Gasteiger partial charge in [-0.2, -0.15) is 0 Å². The van der Waals surface area contributed by atoms with E-state index in [-0.39, 0.29) is 17.9 Å². The summed E-state index contributed by atoms with van der Waals surface area (Å²) >= 11 is 0. The number of rotatable bonds is 6. The molecule has 0 aromatic heterocycles. The Bertz CT molecular complexity index is 740. The van der Waals surface area contributed by atoms with Gasteiger partial charge >= 0.3 is 12.1 Å². The number of esters is 1. The lowest BCUT2D eigenvalue weighted by atomic mass is 9.86. The Kier molecular flexibility index (Phi) is 6.49. The van der Waals surface area contributed by atoms with E-state index in [0.29, 0.717) is 0 Å². The molecule has 0 radical (unpaired) electrons. The van der Waals surface area contributed by atoms with Crippen LogP contribution in [0.3, 0.4) is 0 Å². The number of carbonyl (C=O) groups is 4. The number of Topliss-reactive ketones (excluding diaryl/α,β-unsaturated/α-hetero) is 2. The van der Waals surface area contributed by atoms with Gasteiger partial charge in [0.15, 0.2) is 17.5 Å². The first-order chi connectivity index (χ1) is 12.4. The number of fused-ring (bicyclic) bond motifs is 1. The summed E-state index contributed by atoms with van der Waals surface area (Å²) in [6.45, 7) is 3.01. The number of amides is 1. The largest absolute Gasteiger partial charge is 0.468 e. The Balaban J connectivity index is 2.49. The average molecular weight is 361 g/mol. The highest BCUT2D eigenvalue weighted by atomic mass is 16.5. The van der Waals surface area contributed by atoms with Gasteiger partial charge in [-0.25, -0.2) is 4.79 Å². The second-order valence-corrected chi connectivity index (χ2v) is 6.15. The fraction of sp³-hybridized carbons (Fsp3) is 0.474. The van der Waals surface area contributed by atoms with E-state index < -0.39 is 29.5 Å². The lowest BCUT2D eigenvalue weighted by Crippen LogP contribution is -2.32. The fourth-order valence-corrected chi connectivity index (χ4v) is 3.10. The van der Waals surface area contributed by atoms with Crippen LogP contribution in [-0.4, -0.2) is 37.3 Å². The Morgan fingerprint density at radius 3 is 2.27 bits per heavy atom. The lowest BCUT2D eigenvalue weighted by molar-refractivity contribution is -0.146. The molecule has 0 spiro atoms. The maximum atomic E-state index is 12.9. The molecule has 1 N–H and O–H groups in total. The molecule has 26 heavy (non-hydrogen) atoms. The molecule has 140 valence electrons. The maximum absolute atomic E-state index is 12.9. The van der Waals surface area contributed by atoms with Gasteiger partial charge in [0.05, 0.1) is 19.4 Å². The van der Waals surface area contributed by atoms with E-state index in [1.54, 1.807) is 19.1 Å². The molecule has 0 aliphatic heterocycles. The van der Waals surface area contributed by atoms with Crippen LogP contribution in [0.4, 0.5) is 10.5 Å². The normalized spacial score (nSPS) is 14.0. The molecule has 1 aromatic carbocycles. The first-order valence-corrected chi connectivity index (χ1v) is 8.61. The molecule has 1 amide bonds. The van der Waals surface area contributed by atoms with Crippen molar-refractivity contribution in [3.8, 4) is 0 Å². The SMILES string of the molecule is CCOC(=O)Nc1cc2c(cc1C(=O)C(C(C)=O)C(=O)OC)CCCC2. The summed E-state index contributed by atoms with van der Waals surface area (Å²) in [5, 5.41) is 2.55. The molecular formula is C19H23NO6. The Labute approximate surface area is 152 Å². The van der Waals surface area contributed by atoms with E-state index in [4.69, 9.17) is 4.74 Å². The minimum absolute atomic E-state index is 0.115. The highest BCUT2D eigenvalue weighted by Gasteiger charge is 2.35. The minimum atomic E-state index is -1.55. The third-order valence-electron chi connectivity index (χ3n) is 4.37. The molecule has 0 saturated carbocycles. The highest BCUT2D eigenvalue weighted by Crippen LogP contribution is 2.30. The van der Waals surface area contributed by atoms with Gasteiger partial charge in [-0.1, -0.05) is 0 Å². The Hall–Kier alpha value is -2.70. The van der Waals surface area contributed by atoms with Gasteiger partial charge in [0.2, 0.25) is 0 Å². The second-order valence-electron chi connectivity index (χ2n) is 6.15. The average Bonchev–Trinajstić information content (AvgIpc) is 2.60. The van der Waals surface area contributed by atoms with E-state index in [0.717, 1.165) is 50.8 Å². The number of hydrogen-bond donors (Lipinski definition) is 1. The number of ether oxygens (including phenoxy) is 2. The summed E-state index contributed by atoms with van der Waals surface area (Å²) in [6, 6.07) is 3.39. The van der Waals surface area contributed by atoms with Crippen molar-refractivity contribution >= 4 is 29.3 Å². The number of hydrogen-bond acceptors (Lipinski definition) is 6. The van der Waals surface area contributed by atoms with Crippen molar-refractivity contribution in [3.63, 3.8) is 0 Å². The van der Waals surface area contributed by atoms with Gasteiger partial charge in [0.25, 0.3) is 0 Å². The smallest absolute Gasteiger partial charge is 0.411 e. The molecule has 1 aliphatic rings. The molecule has 1 unspecified atom stereocenters. The first-order valence-electron chi connectivity index (χ1n) is 8.61. The zero-order valence-corrected chi connectivity index (χ0v) is 15.2. The highest BCUT2D eigenvalue weighted by molar-refractivity contribution is 6.23. The van der Waals surface area contributed by atoms with Crippen molar-refractivity contribution in [3.05, 3.63) is 28.8 Å². The number of anilines is 1. The molecule has 0 fully saturated rings. The van der Waals surface area contributed by atoms with Crippen molar-refractivity contribution in [1.29, 1.82) is 0 Å². The van der Waals surface area contributed by atoms with E-state index in [1.165, 1.54) is 0 Å². The zero-order chi connectivity index (χ0) is 19.3. The molecule has 1 atom stereocenters. The maximum Gasteiger partial charge on any atom is 0.411 e. The Morgan fingerprint density at radius 1 is 1.12 bits per heavy atom. The second kappa shape index (κ2) is 8.60. The summed E-state index contributed by atoms with van der Waals surface area (Å²) in [6.07, 6.45) is 2.97. The minimum Gasteiger partial charge on any atom is -0.468 e. The number of carbonyl (C=O) groups excluding carboxylic acids is 4. The quantitative estimate of drug-likeness (QED) is 0.475. The number of ketones is 2. The van der Waals surface area contributed by atoms with Crippen molar-refractivity contribution in [2.75, 3.05) is 19.0 Å². The summed E-state index contributed by atoms with van der Waals surface area (Å²) in [5.74, 6) is -3.77. The third kappa shape index (κ3) is 4.28. The van der Waals surface area contributed by atoms with Crippen LogP contribution in [0.15, 0.2) is 12.1 Å². The molecular weight excluding hydrogens is 338 g/mol. The van der Waals surface area contributed by atoms with Crippen LogP contribution in [0.2, 0.25) is 0 Å². The fourth-order valence-electron chi connectivity index (χ4n) is 3.10. The van der Waals surface area contributed by atoms with E-state index in [1.807, 2.05) is 0 Å². The van der Waals surface area contributed by atoms with Crippen molar-refractivity contribution in [2.24, 2.45) is 5.92 Å². The number of nitrogens with one attached hydrogen (secondary N) is 1. The van der Waals surface area contributed by atoms with Crippen LogP contribution in [0.1, 0.15) is 48.2 Å². The molecule has 0 bridgehead atoms. The summed E-state index contributed by atoms with van der Waals surface area (Å²) in [4.78, 5) is 48.5. The first kappa shape index (κ1) is 19.6. The molecule has 1 aromatic rings. The molecule has 2 rings (SSSR count). The van der Waals surface area contributed by atoms with Gasteiger partial charge in [-0.15, -0.1) is 0 Å². The Morgan fingerprint density at radius 2 is 1.73 bits per heavy atom. The summed E-state index contributed by atoms with van der Waals surface area (Å²) in [5.41, 5.74) is 2.38. The van der Waals surface area contributed by atoms with E-state index in [2.05, 4.69) is 10.1 Å². The summed E-state index contributed by atoms with van der Waals surface area (Å²) < 4.78 is 9.48. The van der Waals surface area contributed by atoms with Crippen LogP contribution in [0.25, 0.3) is 0 Å². The van der Waals surface area contributed by atoms with E-state index in [9.17, 15) is 19.2 Å². The molecule has 7 heteroatoms. The van der Waals surface area contributed by atoms with Crippen molar-refractivity contribution < 1.29 is 28.7 Å².